The Morgan fingerprint density at radius 2 is 1.63 bits per heavy atom. The molecule has 0 amide bonds. The zero-order valence-corrected chi connectivity index (χ0v) is 17.5. The molecule has 1 N–H and O–H groups in total. The second-order valence-corrected chi connectivity index (χ2v) is 6.91. The molecule has 0 spiro atoms. The van der Waals surface area contributed by atoms with Crippen molar-refractivity contribution < 1.29 is 23.7 Å². The molecule has 0 fully saturated rings. The first-order valence-corrected chi connectivity index (χ1v) is 10.1. The molecule has 1 aromatic heterocycles. The molecule has 30 heavy (non-hydrogen) atoms. The molecule has 0 aliphatic rings. The lowest BCUT2D eigenvalue weighted by molar-refractivity contribution is 0.0592. The zero-order chi connectivity index (χ0) is 21.2. The number of hydrogen-bond acceptors (Lipinski definition) is 6. The van der Waals surface area contributed by atoms with E-state index < -0.39 is 6.10 Å². The van der Waals surface area contributed by atoms with Crippen molar-refractivity contribution in [2.24, 2.45) is 0 Å². The summed E-state index contributed by atoms with van der Waals surface area (Å²) in [6, 6.07) is 19.2. The average molecular weight is 411 g/mol. The number of nitrogens with zero attached hydrogens (tertiary/aromatic N) is 1. The van der Waals surface area contributed by atoms with Gasteiger partial charge in [0.25, 0.3) is 0 Å². The van der Waals surface area contributed by atoms with E-state index in [9.17, 15) is 5.11 Å². The van der Waals surface area contributed by atoms with Crippen LogP contribution in [0.25, 0.3) is 0 Å². The van der Waals surface area contributed by atoms with E-state index in [0.717, 1.165) is 17.1 Å². The molecule has 1 heterocycles. The van der Waals surface area contributed by atoms with Gasteiger partial charge in [-0.1, -0.05) is 30.3 Å². The number of aliphatic hydroxyl groups is 1. The Labute approximate surface area is 177 Å². The van der Waals surface area contributed by atoms with Gasteiger partial charge in [0.15, 0.2) is 11.5 Å². The van der Waals surface area contributed by atoms with Gasteiger partial charge in [-0.15, -0.1) is 0 Å². The summed E-state index contributed by atoms with van der Waals surface area (Å²) < 4.78 is 22.4. The predicted octanol–water partition coefficient (Wildman–Crippen LogP) is 4.13. The van der Waals surface area contributed by atoms with Crippen molar-refractivity contribution in [3.63, 3.8) is 0 Å². The lowest BCUT2D eigenvalue weighted by Crippen LogP contribution is -2.35. The maximum Gasteiger partial charge on any atom is 0.161 e. The quantitative estimate of drug-likeness (QED) is 0.484. The van der Waals surface area contributed by atoms with Gasteiger partial charge in [0.2, 0.25) is 0 Å². The molecule has 0 aliphatic heterocycles. The molecule has 1 atom stereocenters. The van der Waals surface area contributed by atoms with Crippen LogP contribution in [-0.4, -0.2) is 43.0 Å². The number of para-hydroxylation sites is 3. The molecule has 1 unspecified atom stereocenters. The molecule has 6 heteroatoms. The number of ether oxygens (including phenoxy) is 3. The first-order chi connectivity index (χ1) is 14.7. The van der Waals surface area contributed by atoms with Crippen LogP contribution in [0.3, 0.4) is 0 Å². The molecule has 2 aromatic carbocycles. The second-order valence-electron chi connectivity index (χ2n) is 6.91. The van der Waals surface area contributed by atoms with E-state index in [4.69, 9.17) is 18.6 Å². The summed E-state index contributed by atoms with van der Waals surface area (Å²) in [5.74, 6) is 2.94. The first-order valence-electron chi connectivity index (χ1n) is 10.1. The Hall–Kier alpha value is -2.96. The lowest BCUT2D eigenvalue weighted by atomic mass is 10.1. The van der Waals surface area contributed by atoms with Crippen molar-refractivity contribution in [3.8, 4) is 17.2 Å². The monoisotopic (exact) mass is 411 g/mol. The van der Waals surface area contributed by atoms with Gasteiger partial charge >= 0.3 is 0 Å². The van der Waals surface area contributed by atoms with Crippen LogP contribution in [0.2, 0.25) is 0 Å². The van der Waals surface area contributed by atoms with E-state index in [1.807, 2.05) is 67.6 Å². The fraction of sp³-hybridized carbons (Fsp3) is 0.333. The van der Waals surface area contributed by atoms with Gasteiger partial charge in [0.1, 0.15) is 24.2 Å². The normalized spacial score (nSPS) is 12.0. The third kappa shape index (κ3) is 6.27. The molecule has 0 aliphatic carbocycles. The van der Waals surface area contributed by atoms with Gasteiger partial charge in [-0.25, -0.2) is 0 Å². The predicted molar refractivity (Wildman–Crippen MR) is 115 cm³/mol. The van der Waals surface area contributed by atoms with Crippen molar-refractivity contribution in [1.29, 1.82) is 0 Å². The minimum atomic E-state index is -0.691. The summed E-state index contributed by atoms with van der Waals surface area (Å²) in [5.41, 5.74) is 1.06. The zero-order valence-electron chi connectivity index (χ0n) is 17.5. The average Bonchev–Trinajstić information content (AvgIpc) is 3.27. The number of furan rings is 1. The second kappa shape index (κ2) is 11.3. The molecule has 160 valence electrons. The van der Waals surface area contributed by atoms with Crippen molar-refractivity contribution in [1.82, 2.24) is 4.90 Å². The highest BCUT2D eigenvalue weighted by Gasteiger charge is 2.17. The van der Waals surface area contributed by atoms with Crippen LogP contribution in [0.15, 0.2) is 71.3 Å². The van der Waals surface area contributed by atoms with Crippen LogP contribution in [0, 0.1) is 0 Å². The summed E-state index contributed by atoms with van der Waals surface area (Å²) in [5, 5.41) is 10.7. The largest absolute Gasteiger partial charge is 0.494 e. The van der Waals surface area contributed by atoms with Gasteiger partial charge < -0.3 is 23.7 Å². The molecule has 6 nitrogen and oxygen atoms in total. The number of benzene rings is 2. The Balaban J connectivity index is 1.66. The van der Waals surface area contributed by atoms with Gasteiger partial charge in [0, 0.05) is 18.7 Å². The van der Waals surface area contributed by atoms with Crippen molar-refractivity contribution in [2.75, 3.05) is 26.9 Å². The number of hydrogen-bond donors (Lipinski definition) is 1. The standard InChI is InChI=1S/C24H29NO5/c1-3-28-22-11-5-4-9-19(22)15-25(17-21-10-8-14-29-21)16-20(26)18-30-24-13-7-6-12-23(24)27-2/h4-14,20,26H,3,15-18H2,1-2H3. The molecular weight excluding hydrogens is 382 g/mol. The highest BCUT2D eigenvalue weighted by atomic mass is 16.5. The fourth-order valence-electron chi connectivity index (χ4n) is 3.25. The Morgan fingerprint density at radius 1 is 0.900 bits per heavy atom. The third-order valence-corrected chi connectivity index (χ3v) is 4.60. The number of rotatable bonds is 12. The lowest BCUT2D eigenvalue weighted by Gasteiger charge is -2.25. The van der Waals surface area contributed by atoms with Crippen molar-refractivity contribution in [2.45, 2.75) is 26.1 Å². The van der Waals surface area contributed by atoms with Crippen molar-refractivity contribution in [3.05, 3.63) is 78.3 Å². The van der Waals surface area contributed by atoms with Crippen molar-refractivity contribution >= 4 is 0 Å². The van der Waals surface area contributed by atoms with Crippen LogP contribution in [-0.2, 0) is 13.1 Å². The van der Waals surface area contributed by atoms with Gasteiger partial charge in [0.05, 0.1) is 26.5 Å². The highest BCUT2D eigenvalue weighted by molar-refractivity contribution is 5.39. The highest BCUT2D eigenvalue weighted by Crippen LogP contribution is 2.26. The topological polar surface area (TPSA) is 64.3 Å². The number of aliphatic hydroxyl groups excluding tert-OH is 1. The SMILES string of the molecule is CCOc1ccccc1CN(Cc1ccco1)CC(O)COc1ccccc1OC. The van der Waals surface area contributed by atoms with E-state index in [2.05, 4.69) is 4.90 Å². The van der Waals surface area contributed by atoms with Gasteiger partial charge in [-0.3, -0.25) is 4.90 Å². The van der Waals surface area contributed by atoms with E-state index in [0.29, 0.717) is 37.7 Å². The molecule has 3 aromatic rings. The minimum Gasteiger partial charge on any atom is -0.494 e. The third-order valence-electron chi connectivity index (χ3n) is 4.60. The number of methoxy groups -OCH3 is 1. The fourth-order valence-corrected chi connectivity index (χ4v) is 3.25. The summed E-state index contributed by atoms with van der Waals surface area (Å²) in [6.45, 7) is 4.32. The Morgan fingerprint density at radius 3 is 2.33 bits per heavy atom. The van der Waals surface area contributed by atoms with E-state index >= 15 is 0 Å². The molecule has 0 saturated carbocycles. The van der Waals surface area contributed by atoms with Crippen LogP contribution >= 0.6 is 0 Å². The van der Waals surface area contributed by atoms with E-state index in [1.54, 1.807) is 13.4 Å². The summed E-state index contributed by atoms with van der Waals surface area (Å²) in [6.07, 6.45) is 0.965. The maximum absolute atomic E-state index is 10.7. The van der Waals surface area contributed by atoms with E-state index in [1.165, 1.54) is 0 Å². The maximum atomic E-state index is 10.7. The summed E-state index contributed by atoms with van der Waals surface area (Å²) >= 11 is 0. The molecule has 0 radical (unpaired) electrons. The van der Waals surface area contributed by atoms with Crippen LogP contribution < -0.4 is 14.2 Å². The molecule has 0 bridgehead atoms. The van der Waals surface area contributed by atoms with E-state index in [-0.39, 0.29) is 6.61 Å². The van der Waals surface area contributed by atoms with Crippen LogP contribution in [0.4, 0.5) is 0 Å². The van der Waals surface area contributed by atoms with Gasteiger partial charge in [-0.2, -0.15) is 0 Å². The minimum absolute atomic E-state index is 0.155. The first kappa shape index (κ1) is 21.7. The summed E-state index contributed by atoms with van der Waals surface area (Å²) in [7, 11) is 1.60. The molecule has 0 saturated heterocycles. The molecule has 3 rings (SSSR count). The molecular formula is C24H29NO5. The van der Waals surface area contributed by atoms with Gasteiger partial charge in [-0.05, 0) is 37.3 Å². The summed E-state index contributed by atoms with van der Waals surface area (Å²) in [4.78, 5) is 2.12. The van der Waals surface area contributed by atoms with Crippen LogP contribution in [0.5, 0.6) is 17.2 Å². The smallest absolute Gasteiger partial charge is 0.161 e. The Bertz CT molecular complexity index is 881. The van der Waals surface area contributed by atoms with Crippen LogP contribution in [0.1, 0.15) is 18.2 Å². The Kier molecular flexibility index (Phi) is 8.18.